The highest BCUT2D eigenvalue weighted by molar-refractivity contribution is 5.80. The fourth-order valence-corrected chi connectivity index (χ4v) is 2.93. The van der Waals surface area contributed by atoms with Crippen LogP contribution in [0.3, 0.4) is 0 Å². The lowest BCUT2D eigenvalue weighted by Gasteiger charge is -2.28. The first-order valence-electron chi connectivity index (χ1n) is 9.38. The Morgan fingerprint density at radius 2 is 2.14 bits per heavy atom. The van der Waals surface area contributed by atoms with E-state index in [0.717, 1.165) is 24.5 Å². The molecule has 1 aliphatic rings. The van der Waals surface area contributed by atoms with Crippen LogP contribution in [0.25, 0.3) is 0 Å². The number of ether oxygens (including phenoxy) is 1. The van der Waals surface area contributed by atoms with Gasteiger partial charge in [-0.3, -0.25) is 10.2 Å². The van der Waals surface area contributed by atoms with Crippen LogP contribution in [0, 0.1) is 6.92 Å². The van der Waals surface area contributed by atoms with Crippen molar-refractivity contribution in [3.63, 3.8) is 0 Å². The summed E-state index contributed by atoms with van der Waals surface area (Å²) in [6.45, 7) is 4.88. The summed E-state index contributed by atoms with van der Waals surface area (Å²) in [6, 6.07) is 9.90. The highest BCUT2D eigenvalue weighted by Gasteiger charge is 2.15. The molecule has 0 aliphatic carbocycles. The van der Waals surface area contributed by atoms with Crippen LogP contribution in [0.15, 0.2) is 35.4 Å². The second-order valence-electron chi connectivity index (χ2n) is 6.66. The second-order valence-corrected chi connectivity index (χ2v) is 6.66. The summed E-state index contributed by atoms with van der Waals surface area (Å²) >= 11 is 0. The van der Waals surface area contributed by atoms with Crippen molar-refractivity contribution in [2.45, 2.75) is 26.2 Å². The van der Waals surface area contributed by atoms with Crippen molar-refractivity contribution in [2.75, 3.05) is 36.6 Å². The molecule has 0 bridgehead atoms. The number of carboxylic acids is 1. The lowest BCUT2D eigenvalue weighted by Crippen LogP contribution is -2.37. The smallest absolute Gasteiger partial charge is 0.303 e. The number of carbonyl (C=O) groups is 1. The zero-order valence-electron chi connectivity index (χ0n) is 16.0. The lowest BCUT2D eigenvalue weighted by atomic mass is 10.2. The van der Waals surface area contributed by atoms with Crippen molar-refractivity contribution in [1.29, 1.82) is 0 Å². The van der Waals surface area contributed by atoms with Crippen molar-refractivity contribution < 1.29 is 14.6 Å². The van der Waals surface area contributed by atoms with Gasteiger partial charge in [0, 0.05) is 32.0 Å². The fraction of sp³-hybridized carbons (Fsp3) is 0.400. The topological polar surface area (TPSA) is 99.9 Å². The monoisotopic (exact) mass is 383 g/mol. The first-order valence-corrected chi connectivity index (χ1v) is 9.38. The molecule has 1 aromatic heterocycles. The summed E-state index contributed by atoms with van der Waals surface area (Å²) in [5, 5.41) is 13.1. The zero-order chi connectivity index (χ0) is 19.8. The van der Waals surface area contributed by atoms with Crippen molar-refractivity contribution in [2.24, 2.45) is 5.10 Å². The number of aromatic nitrogens is 2. The normalized spacial score (nSPS) is 14.4. The number of morpholine rings is 1. The van der Waals surface area contributed by atoms with Crippen LogP contribution in [0.5, 0.6) is 0 Å². The number of hydrogen-bond donors (Lipinski definition) is 2. The van der Waals surface area contributed by atoms with E-state index in [2.05, 4.69) is 25.4 Å². The molecule has 1 fully saturated rings. The minimum absolute atomic E-state index is 0.0966. The number of aliphatic carboxylic acids is 1. The third-order valence-corrected chi connectivity index (χ3v) is 4.32. The SMILES string of the molecule is Cc1cccc(C=NNc2cc(N3CCOCC3)nc(CCCC(=O)O)n2)c1. The number of anilines is 2. The molecule has 1 aliphatic heterocycles. The van der Waals surface area contributed by atoms with Crippen LogP contribution in [0.4, 0.5) is 11.6 Å². The molecule has 0 saturated carbocycles. The Morgan fingerprint density at radius 1 is 1.32 bits per heavy atom. The van der Waals surface area contributed by atoms with Gasteiger partial charge in [-0.15, -0.1) is 0 Å². The summed E-state index contributed by atoms with van der Waals surface area (Å²) < 4.78 is 5.41. The number of rotatable bonds is 8. The van der Waals surface area contributed by atoms with Gasteiger partial charge in [-0.25, -0.2) is 9.97 Å². The summed E-state index contributed by atoms with van der Waals surface area (Å²) in [7, 11) is 0. The summed E-state index contributed by atoms with van der Waals surface area (Å²) in [4.78, 5) is 22.0. The summed E-state index contributed by atoms with van der Waals surface area (Å²) in [5.74, 6) is 1.19. The van der Waals surface area contributed by atoms with E-state index in [-0.39, 0.29) is 6.42 Å². The summed E-state index contributed by atoms with van der Waals surface area (Å²) in [5.41, 5.74) is 5.14. The van der Waals surface area contributed by atoms with Crippen LogP contribution < -0.4 is 10.3 Å². The molecule has 0 amide bonds. The number of benzene rings is 1. The van der Waals surface area contributed by atoms with Crippen molar-refractivity contribution in [3.05, 3.63) is 47.3 Å². The molecule has 3 rings (SSSR count). The predicted molar refractivity (Wildman–Crippen MR) is 108 cm³/mol. The predicted octanol–water partition coefficient (Wildman–Crippen LogP) is 2.47. The minimum atomic E-state index is -0.814. The standard InChI is InChI=1S/C20H25N5O3/c1-15-4-2-5-16(12-15)14-21-24-18-13-19(25-8-10-28-11-9-25)23-17(22-18)6-3-7-20(26)27/h2,4-5,12-14H,3,6-11H2,1H3,(H,26,27)(H,22,23,24). The molecule has 2 heterocycles. The average Bonchev–Trinajstić information content (AvgIpc) is 2.68. The Kier molecular flexibility index (Phi) is 6.91. The molecule has 2 aromatic rings. The number of aryl methyl sites for hydroxylation is 2. The Labute approximate surface area is 164 Å². The molecular formula is C20H25N5O3. The van der Waals surface area contributed by atoms with Crippen molar-refractivity contribution in [1.82, 2.24) is 9.97 Å². The van der Waals surface area contributed by atoms with E-state index in [1.54, 1.807) is 6.21 Å². The van der Waals surface area contributed by atoms with Gasteiger partial charge in [-0.1, -0.05) is 29.8 Å². The molecule has 0 spiro atoms. The minimum Gasteiger partial charge on any atom is -0.481 e. The van der Waals surface area contributed by atoms with Gasteiger partial charge in [0.1, 0.15) is 11.6 Å². The Balaban J connectivity index is 1.74. The molecule has 8 nitrogen and oxygen atoms in total. The van der Waals surface area contributed by atoms with E-state index in [0.29, 0.717) is 37.7 Å². The Morgan fingerprint density at radius 3 is 2.89 bits per heavy atom. The first kappa shape index (κ1) is 19.8. The van der Waals surface area contributed by atoms with E-state index < -0.39 is 5.97 Å². The molecule has 0 radical (unpaired) electrons. The van der Waals surface area contributed by atoms with Crippen LogP contribution in [-0.4, -0.2) is 53.6 Å². The molecule has 8 heteroatoms. The number of hydrazone groups is 1. The molecule has 0 unspecified atom stereocenters. The van der Waals surface area contributed by atoms with Crippen molar-refractivity contribution >= 4 is 23.8 Å². The average molecular weight is 383 g/mol. The molecule has 148 valence electrons. The summed E-state index contributed by atoms with van der Waals surface area (Å²) in [6.07, 6.45) is 2.84. The van der Waals surface area contributed by atoms with E-state index in [1.165, 1.54) is 5.56 Å². The van der Waals surface area contributed by atoms with E-state index in [1.807, 2.05) is 37.3 Å². The maximum atomic E-state index is 10.8. The van der Waals surface area contributed by atoms with E-state index >= 15 is 0 Å². The van der Waals surface area contributed by atoms with Crippen LogP contribution in [0.1, 0.15) is 29.8 Å². The van der Waals surface area contributed by atoms with E-state index in [9.17, 15) is 4.79 Å². The highest BCUT2D eigenvalue weighted by Crippen LogP contribution is 2.18. The number of nitrogens with one attached hydrogen (secondary N) is 1. The quantitative estimate of drug-likeness (QED) is 0.533. The Hall–Kier alpha value is -3.00. The van der Waals surface area contributed by atoms with Crippen LogP contribution in [0.2, 0.25) is 0 Å². The van der Waals surface area contributed by atoms with Crippen LogP contribution >= 0.6 is 0 Å². The van der Waals surface area contributed by atoms with Gasteiger partial charge in [0.15, 0.2) is 5.82 Å². The van der Waals surface area contributed by atoms with Gasteiger partial charge in [0.05, 0.1) is 19.4 Å². The maximum Gasteiger partial charge on any atom is 0.303 e. The molecule has 28 heavy (non-hydrogen) atoms. The van der Waals surface area contributed by atoms with Gasteiger partial charge in [-0.05, 0) is 18.9 Å². The maximum absolute atomic E-state index is 10.8. The Bertz CT molecular complexity index is 834. The number of carboxylic acid groups (broad SMARTS) is 1. The van der Waals surface area contributed by atoms with E-state index in [4.69, 9.17) is 9.84 Å². The molecule has 1 aromatic carbocycles. The number of nitrogens with zero attached hydrogens (tertiary/aromatic N) is 4. The first-order chi connectivity index (χ1) is 13.6. The largest absolute Gasteiger partial charge is 0.481 e. The second kappa shape index (κ2) is 9.80. The zero-order valence-corrected chi connectivity index (χ0v) is 16.0. The molecule has 0 atom stereocenters. The molecule has 1 saturated heterocycles. The van der Waals surface area contributed by atoms with Crippen molar-refractivity contribution in [3.8, 4) is 0 Å². The lowest BCUT2D eigenvalue weighted by molar-refractivity contribution is -0.137. The molecular weight excluding hydrogens is 358 g/mol. The van der Waals surface area contributed by atoms with Crippen LogP contribution in [-0.2, 0) is 16.0 Å². The molecule has 2 N–H and O–H groups in total. The van der Waals surface area contributed by atoms with Gasteiger partial charge < -0.3 is 14.7 Å². The third kappa shape index (κ3) is 6.02. The highest BCUT2D eigenvalue weighted by atomic mass is 16.5. The van der Waals surface area contributed by atoms with Gasteiger partial charge in [0.2, 0.25) is 0 Å². The number of hydrogen-bond acceptors (Lipinski definition) is 7. The van der Waals surface area contributed by atoms with Gasteiger partial charge in [-0.2, -0.15) is 5.10 Å². The third-order valence-electron chi connectivity index (χ3n) is 4.32. The van der Waals surface area contributed by atoms with Gasteiger partial charge >= 0.3 is 5.97 Å². The fourth-order valence-electron chi connectivity index (χ4n) is 2.93. The van der Waals surface area contributed by atoms with Gasteiger partial charge in [0.25, 0.3) is 0 Å².